The van der Waals surface area contributed by atoms with Gasteiger partial charge < -0.3 is 0 Å². The smallest absolute Gasteiger partial charge is 0.131 e. The SMILES string of the molecule is Cc1ccc(/C(C#N)=C/c2c(F)cccc2Cl)cc1. The van der Waals surface area contributed by atoms with Gasteiger partial charge in [0.2, 0.25) is 0 Å². The Bertz CT molecular complexity index is 646. The molecule has 0 radical (unpaired) electrons. The summed E-state index contributed by atoms with van der Waals surface area (Å²) < 4.78 is 13.7. The lowest BCUT2D eigenvalue weighted by molar-refractivity contribution is 0.625. The molecule has 0 saturated carbocycles. The zero-order chi connectivity index (χ0) is 13.8. The van der Waals surface area contributed by atoms with Gasteiger partial charge in [-0.3, -0.25) is 0 Å². The fraction of sp³-hybridized carbons (Fsp3) is 0.0625. The molecule has 2 aromatic carbocycles. The Hall–Kier alpha value is -2.11. The molecule has 0 aliphatic heterocycles. The molecule has 19 heavy (non-hydrogen) atoms. The molecule has 0 heterocycles. The highest BCUT2D eigenvalue weighted by atomic mass is 35.5. The van der Waals surface area contributed by atoms with Crippen LogP contribution in [0.5, 0.6) is 0 Å². The van der Waals surface area contributed by atoms with Crippen molar-refractivity contribution in [1.82, 2.24) is 0 Å². The van der Waals surface area contributed by atoms with E-state index in [4.69, 9.17) is 11.6 Å². The number of benzene rings is 2. The van der Waals surface area contributed by atoms with Crippen LogP contribution in [0.2, 0.25) is 5.02 Å². The molecule has 2 rings (SSSR count). The number of nitriles is 1. The molecule has 2 aromatic rings. The third kappa shape index (κ3) is 3.01. The maximum Gasteiger partial charge on any atom is 0.131 e. The van der Waals surface area contributed by atoms with Crippen molar-refractivity contribution in [3.63, 3.8) is 0 Å². The van der Waals surface area contributed by atoms with E-state index in [1.165, 1.54) is 18.2 Å². The predicted molar refractivity (Wildman–Crippen MR) is 76.1 cm³/mol. The first-order chi connectivity index (χ1) is 9.11. The topological polar surface area (TPSA) is 23.8 Å². The summed E-state index contributed by atoms with van der Waals surface area (Å²) in [6.07, 6.45) is 1.47. The average Bonchev–Trinajstić information content (AvgIpc) is 2.40. The van der Waals surface area contributed by atoms with Gasteiger partial charge in [0.05, 0.1) is 16.7 Å². The van der Waals surface area contributed by atoms with Crippen LogP contribution >= 0.6 is 11.6 Å². The fourth-order valence-corrected chi connectivity index (χ4v) is 1.92. The number of halogens is 2. The molecule has 1 nitrogen and oxygen atoms in total. The minimum atomic E-state index is -0.438. The van der Waals surface area contributed by atoms with Gasteiger partial charge in [0, 0.05) is 5.56 Å². The zero-order valence-corrected chi connectivity index (χ0v) is 11.1. The van der Waals surface area contributed by atoms with Gasteiger partial charge in [0.15, 0.2) is 0 Å². The predicted octanol–water partition coefficient (Wildman–Crippen LogP) is 4.85. The Morgan fingerprint density at radius 3 is 2.47 bits per heavy atom. The van der Waals surface area contributed by atoms with Crippen LogP contribution in [0.3, 0.4) is 0 Å². The highest BCUT2D eigenvalue weighted by molar-refractivity contribution is 6.32. The fourth-order valence-electron chi connectivity index (χ4n) is 1.71. The number of nitrogens with zero attached hydrogens (tertiary/aromatic N) is 1. The van der Waals surface area contributed by atoms with Gasteiger partial charge in [-0.2, -0.15) is 5.26 Å². The van der Waals surface area contributed by atoms with Crippen LogP contribution in [0.1, 0.15) is 16.7 Å². The quantitative estimate of drug-likeness (QED) is 0.566. The molecule has 0 fully saturated rings. The molecule has 0 aliphatic carbocycles. The molecule has 0 spiro atoms. The first-order valence-electron chi connectivity index (χ1n) is 5.74. The van der Waals surface area contributed by atoms with E-state index < -0.39 is 5.82 Å². The summed E-state index contributed by atoms with van der Waals surface area (Å²) in [5.74, 6) is -0.438. The van der Waals surface area contributed by atoms with Gasteiger partial charge in [-0.1, -0.05) is 47.5 Å². The van der Waals surface area contributed by atoms with Gasteiger partial charge in [-0.25, -0.2) is 4.39 Å². The maximum atomic E-state index is 13.7. The van der Waals surface area contributed by atoms with Crippen molar-refractivity contribution < 1.29 is 4.39 Å². The second-order valence-electron chi connectivity index (χ2n) is 4.17. The summed E-state index contributed by atoms with van der Waals surface area (Å²) >= 11 is 5.95. The number of hydrogen-bond acceptors (Lipinski definition) is 1. The van der Waals surface area contributed by atoms with Crippen LogP contribution in [0.4, 0.5) is 4.39 Å². The molecule has 0 saturated heterocycles. The molecule has 0 bridgehead atoms. The third-order valence-corrected chi connectivity index (χ3v) is 3.10. The molecule has 94 valence electrons. The van der Waals surface area contributed by atoms with E-state index in [1.54, 1.807) is 6.07 Å². The molecule has 0 aromatic heterocycles. The molecule has 0 unspecified atom stereocenters. The Morgan fingerprint density at radius 2 is 1.89 bits per heavy atom. The molecule has 3 heteroatoms. The number of aryl methyl sites for hydroxylation is 1. The number of allylic oxidation sites excluding steroid dienone is 1. The molecular weight excluding hydrogens is 261 g/mol. The van der Waals surface area contributed by atoms with Crippen molar-refractivity contribution in [3.05, 3.63) is 70.0 Å². The van der Waals surface area contributed by atoms with Crippen molar-refractivity contribution in [2.24, 2.45) is 0 Å². The summed E-state index contributed by atoms with van der Waals surface area (Å²) in [4.78, 5) is 0. The largest absolute Gasteiger partial charge is 0.206 e. The van der Waals surface area contributed by atoms with Crippen molar-refractivity contribution in [3.8, 4) is 6.07 Å². The second-order valence-corrected chi connectivity index (χ2v) is 4.58. The van der Waals surface area contributed by atoms with Gasteiger partial charge in [-0.15, -0.1) is 0 Å². The van der Waals surface area contributed by atoms with E-state index in [0.29, 0.717) is 10.6 Å². The van der Waals surface area contributed by atoms with Crippen LogP contribution in [-0.4, -0.2) is 0 Å². The summed E-state index contributed by atoms with van der Waals surface area (Å²) in [5, 5.41) is 9.50. The Morgan fingerprint density at radius 1 is 1.21 bits per heavy atom. The lowest BCUT2D eigenvalue weighted by atomic mass is 10.0. The third-order valence-electron chi connectivity index (χ3n) is 2.77. The van der Waals surface area contributed by atoms with Gasteiger partial charge in [-0.05, 0) is 30.7 Å². The normalized spacial score (nSPS) is 11.2. The highest BCUT2D eigenvalue weighted by Crippen LogP contribution is 2.25. The average molecular weight is 272 g/mol. The van der Waals surface area contributed by atoms with E-state index in [0.717, 1.165) is 11.1 Å². The van der Waals surface area contributed by atoms with E-state index in [1.807, 2.05) is 31.2 Å². The van der Waals surface area contributed by atoms with E-state index in [2.05, 4.69) is 6.07 Å². The van der Waals surface area contributed by atoms with Crippen molar-refractivity contribution in [2.75, 3.05) is 0 Å². The number of rotatable bonds is 2. The summed E-state index contributed by atoms with van der Waals surface area (Å²) in [6.45, 7) is 1.97. The van der Waals surface area contributed by atoms with Gasteiger partial charge in [0.25, 0.3) is 0 Å². The van der Waals surface area contributed by atoms with E-state index >= 15 is 0 Å². The minimum absolute atomic E-state index is 0.237. The Balaban J connectivity index is 2.51. The monoisotopic (exact) mass is 271 g/mol. The van der Waals surface area contributed by atoms with E-state index in [9.17, 15) is 9.65 Å². The Kier molecular flexibility index (Phi) is 3.99. The zero-order valence-electron chi connectivity index (χ0n) is 10.3. The van der Waals surface area contributed by atoms with Crippen molar-refractivity contribution in [1.29, 1.82) is 5.26 Å². The molecule has 0 N–H and O–H groups in total. The first-order valence-corrected chi connectivity index (χ1v) is 6.12. The van der Waals surface area contributed by atoms with Crippen molar-refractivity contribution in [2.45, 2.75) is 6.92 Å². The molecule has 0 amide bonds. The lowest BCUT2D eigenvalue weighted by Gasteiger charge is -2.03. The van der Waals surface area contributed by atoms with Crippen LogP contribution in [0, 0.1) is 24.1 Å². The van der Waals surface area contributed by atoms with Crippen LogP contribution in [0.15, 0.2) is 42.5 Å². The first kappa shape index (κ1) is 13.3. The maximum absolute atomic E-state index is 13.7. The van der Waals surface area contributed by atoms with Crippen LogP contribution in [-0.2, 0) is 0 Å². The summed E-state index contributed by atoms with van der Waals surface area (Å²) in [7, 11) is 0. The van der Waals surface area contributed by atoms with Crippen LogP contribution < -0.4 is 0 Å². The molecular formula is C16H11ClFN. The lowest BCUT2D eigenvalue weighted by Crippen LogP contribution is -1.87. The highest BCUT2D eigenvalue weighted by Gasteiger charge is 2.07. The number of hydrogen-bond donors (Lipinski definition) is 0. The summed E-state index contributed by atoms with van der Waals surface area (Å²) in [6, 6.07) is 14.0. The molecule has 0 atom stereocenters. The summed E-state index contributed by atoms with van der Waals surface area (Å²) in [5.41, 5.74) is 2.46. The second kappa shape index (κ2) is 5.69. The standard InChI is InChI=1S/C16H11ClFN/c1-11-5-7-12(8-6-11)13(10-19)9-14-15(17)3-2-4-16(14)18/h2-9H,1H3/b13-9+. The van der Waals surface area contributed by atoms with Crippen LogP contribution in [0.25, 0.3) is 11.6 Å². The minimum Gasteiger partial charge on any atom is -0.206 e. The van der Waals surface area contributed by atoms with E-state index in [-0.39, 0.29) is 5.56 Å². The molecule has 0 aliphatic rings. The van der Waals surface area contributed by atoms with Gasteiger partial charge in [0.1, 0.15) is 5.82 Å². The van der Waals surface area contributed by atoms with Gasteiger partial charge >= 0.3 is 0 Å². The van der Waals surface area contributed by atoms with Crippen molar-refractivity contribution >= 4 is 23.3 Å². The Labute approximate surface area is 116 Å².